The SMILES string of the molecule is CCC(N)(CC)c1noc(C2CCCCCCC2)n1. The van der Waals surface area contributed by atoms with Gasteiger partial charge in [-0.05, 0) is 25.7 Å². The topological polar surface area (TPSA) is 64.9 Å². The molecule has 0 atom stereocenters. The molecule has 1 aromatic heterocycles. The van der Waals surface area contributed by atoms with Gasteiger partial charge in [0, 0.05) is 5.92 Å². The number of rotatable bonds is 4. The zero-order chi connectivity index (χ0) is 13.7. The van der Waals surface area contributed by atoms with Crippen LogP contribution in [-0.2, 0) is 5.54 Å². The summed E-state index contributed by atoms with van der Waals surface area (Å²) in [7, 11) is 0. The molecular formula is C15H27N3O. The average molecular weight is 265 g/mol. The largest absolute Gasteiger partial charge is 0.339 e. The molecule has 0 aliphatic heterocycles. The minimum atomic E-state index is -0.427. The average Bonchev–Trinajstić information content (AvgIpc) is 2.87. The zero-order valence-electron chi connectivity index (χ0n) is 12.3. The van der Waals surface area contributed by atoms with E-state index in [1.165, 1.54) is 44.9 Å². The summed E-state index contributed by atoms with van der Waals surface area (Å²) in [5.41, 5.74) is 5.90. The Balaban J connectivity index is 2.10. The van der Waals surface area contributed by atoms with Crippen LogP contribution in [0.15, 0.2) is 4.52 Å². The van der Waals surface area contributed by atoms with Gasteiger partial charge in [-0.1, -0.05) is 51.1 Å². The first-order valence-electron chi connectivity index (χ1n) is 7.82. The lowest BCUT2D eigenvalue weighted by Crippen LogP contribution is -2.36. The van der Waals surface area contributed by atoms with Crippen LogP contribution in [0.5, 0.6) is 0 Å². The van der Waals surface area contributed by atoms with Gasteiger partial charge >= 0.3 is 0 Å². The fourth-order valence-corrected chi connectivity index (χ4v) is 2.87. The highest BCUT2D eigenvalue weighted by atomic mass is 16.5. The number of nitrogens with zero attached hydrogens (tertiary/aromatic N) is 2. The molecule has 4 nitrogen and oxygen atoms in total. The van der Waals surface area contributed by atoms with E-state index in [4.69, 9.17) is 10.3 Å². The molecule has 1 aliphatic rings. The fourth-order valence-electron chi connectivity index (χ4n) is 2.87. The quantitative estimate of drug-likeness (QED) is 0.897. The Kier molecular flexibility index (Phi) is 4.97. The summed E-state index contributed by atoms with van der Waals surface area (Å²) >= 11 is 0. The number of hydrogen-bond donors (Lipinski definition) is 1. The first-order valence-corrected chi connectivity index (χ1v) is 7.82. The smallest absolute Gasteiger partial charge is 0.229 e. The van der Waals surface area contributed by atoms with Crippen LogP contribution < -0.4 is 5.73 Å². The maximum Gasteiger partial charge on any atom is 0.229 e. The van der Waals surface area contributed by atoms with Crippen molar-refractivity contribution in [1.29, 1.82) is 0 Å². The standard InChI is InChI=1S/C15H27N3O/c1-3-15(16,4-2)14-17-13(19-18-14)12-10-8-6-5-7-9-11-12/h12H,3-11,16H2,1-2H3. The third-order valence-corrected chi connectivity index (χ3v) is 4.60. The van der Waals surface area contributed by atoms with Gasteiger partial charge < -0.3 is 10.3 Å². The Morgan fingerprint density at radius 2 is 1.68 bits per heavy atom. The number of aromatic nitrogens is 2. The van der Waals surface area contributed by atoms with Crippen LogP contribution in [0.3, 0.4) is 0 Å². The summed E-state index contributed by atoms with van der Waals surface area (Å²) in [4.78, 5) is 4.62. The van der Waals surface area contributed by atoms with E-state index >= 15 is 0 Å². The summed E-state index contributed by atoms with van der Waals surface area (Å²) in [5.74, 6) is 1.95. The summed E-state index contributed by atoms with van der Waals surface area (Å²) < 4.78 is 5.51. The molecule has 4 heteroatoms. The van der Waals surface area contributed by atoms with Gasteiger partial charge in [0.25, 0.3) is 0 Å². The monoisotopic (exact) mass is 265 g/mol. The lowest BCUT2D eigenvalue weighted by Gasteiger charge is -2.21. The van der Waals surface area contributed by atoms with Gasteiger partial charge in [-0.2, -0.15) is 4.98 Å². The van der Waals surface area contributed by atoms with E-state index in [-0.39, 0.29) is 0 Å². The molecule has 0 radical (unpaired) electrons. The number of hydrogen-bond acceptors (Lipinski definition) is 4. The molecule has 2 N–H and O–H groups in total. The Morgan fingerprint density at radius 3 is 2.26 bits per heavy atom. The second-order valence-corrected chi connectivity index (χ2v) is 5.86. The van der Waals surface area contributed by atoms with Crippen LogP contribution >= 0.6 is 0 Å². The van der Waals surface area contributed by atoms with Gasteiger partial charge in [-0.25, -0.2) is 0 Å². The van der Waals surface area contributed by atoms with Crippen molar-refractivity contribution in [2.75, 3.05) is 0 Å². The van der Waals surface area contributed by atoms with Crippen molar-refractivity contribution in [3.8, 4) is 0 Å². The molecule has 1 aliphatic carbocycles. The summed E-state index contributed by atoms with van der Waals surface area (Å²) in [5, 5.41) is 4.15. The molecule has 0 amide bonds. The second kappa shape index (κ2) is 6.51. The van der Waals surface area contributed by atoms with Crippen LogP contribution in [0.4, 0.5) is 0 Å². The van der Waals surface area contributed by atoms with Crippen molar-refractivity contribution in [3.05, 3.63) is 11.7 Å². The van der Waals surface area contributed by atoms with Crippen molar-refractivity contribution < 1.29 is 4.52 Å². The molecule has 0 bridgehead atoms. The fraction of sp³-hybridized carbons (Fsp3) is 0.867. The molecule has 0 aromatic carbocycles. The summed E-state index contributed by atoms with van der Waals surface area (Å²) in [6, 6.07) is 0. The molecule has 0 spiro atoms. The van der Waals surface area contributed by atoms with Gasteiger partial charge in [0.15, 0.2) is 5.82 Å². The zero-order valence-corrected chi connectivity index (χ0v) is 12.3. The van der Waals surface area contributed by atoms with E-state index < -0.39 is 5.54 Å². The lowest BCUT2D eigenvalue weighted by molar-refractivity contribution is 0.308. The van der Waals surface area contributed by atoms with Crippen LogP contribution in [0.2, 0.25) is 0 Å². The summed E-state index contributed by atoms with van der Waals surface area (Å²) in [6.07, 6.45) is 10.6. The third-order valence-electron chi connectivity index (χ3n) is 4.60. The highest BCUT2D eigenvalue weighted by Crippen LogP contribution is 2.31. The molecule has 0 saturated heterocycles. The van der Waals surface area contributed by atoms with Gasteiger partial charge in [-0.15, -0.1) is 0 Å². The Labute approximate surface area is 116 Å². The molecule has 1 saturated carbocycles. The Morgan fingerprint density at radius 1 is 1.11 bits per heavy atom. The van der Waals surface area contributed by atoms with E-state index in [2.05, 4.69) is 24.0 Å². The minimum absolute atomic E-state index is 0.427. The predicted octanol–water partition coefficient (Wildman–Crippen LogP) is 3.87. The maximum atomic E-state index is 6.33. The van der Waals surface area contributed by atoms with E-state index in [0.29, 0.717) is 11.7 Å². The molecule has 2 rings (SSSR count). The molecule has 1 fully saturated rings. The molecule has 108 valence electrons. The highest BCUT2D eigenvalue weighted by Gasteiger charge is 2.30. The van der Waals surface area contributed by atoms with Crippen molar-refractivity contribution >= 4 is 0 Å². The molecule has 1 heterocycles. The third kappa shape index (κ3) is 3.35. The van der Waals surface area contributed by atoms with E-state index in [1.807, 2.05) is 0 Å². The molecule has 0 unspecified atom stereocenters. The molecule has 19 heavy (non-hydrogen) atoms. The van der Waals surface area contributed by atoms with Crippen LogP contribution in [0, 0.1) is 0 Å². The van der Waals surface area contributed by atoms with Gasteiger partial charge in [-0.3, -0.25) is 0 Å². The normalized spacial score (nSPS) is 19.1. The van der Waals surface area contributed by atoms with E-state index in [1.54, 1.807) is 0 Å². The predicted molar refractivity (Wildman–Crippen MR) is 75.8 cm³/mol. The number of nitrogens with two attached hydrogens (primary N) is 1. The van der Waals surface area contributed by atoms with Crippen LogP contribution in [0.1, 0.15) is 89.3 Å². The first-order chi connectivity index (χ1) is 9.19. The Hall–Kier alpha value is -0.900. The van der Waals surface area contributed by atoms with E-state index in [0.717, 1.165) is 18.7 Å². The van der Waals surface area contributed by atoms with Crippen molar-refractivity contribution in [2.45, 2.75) is 83.1 Å². The maximum absolute atomic E-state index is 6.33. The van der Waals surface area contributed by atoms with Crippen molar-refractivity contribution in [3.63, 3.8) is 0 Å². The lowest BCUT2D eigenvalue weighted by atomic mass is 9.90. The second-order valence-electron chi connectivity index (χ2n) is 5.86. The summed E-state index contributed by atoms with van der Waals surface area (Å²) in [6.45, 7) is 4.16. The van der Waals surface area contributed by atoms with Crippen LogP contribution in [0.25, 0.3) is 0 Å². The van der Waals surface area contributed by atoms with E-state index in [9.17, 15) is 0 Å². The highest BCUT2D eigenvalue weighted by molar-refractivity contribution is 5.05. The minimum Gasteiger partial charge on any atom is -0.339 e. The molecular weight excluding hydrogens is 238 g/mol. The Bertz CT molecular complexity index is 376. The van der Waals surface area contributed by atoms with Gasteiger partial charge in [0.05, 0.1) is 5.54 Å². The van der Waals surface area contributed by atoms with Crippen LogP contribution in [-0.4, -0.2) is 10.1 Å². The first kappa shape index (κ1) is 14.5. The van der Waals surface area contributed by atoms with Gasteiger partial charge in [0.2, 0.25) is 5.89 Å². The molecule has 1 aromatic rings. The van der Waals surface area contributed by atoms with Crippen molar-refractivity contribution in [1.82, 2.24) is 10.1 Å². The van der Waals surface area contributed by atoms with Crippen molar-refractivity contribution in [2.24, 2.45) is 5.73 Å². The van der Waals surface area contributed by atoms with Gasteiger partial charge in [0.1, 0.15) is 0 Å².